The van der Waals surface area contributed by atoms with Crippen molar-refractivity contribution >= 4 is 0 Å². The van der Waals surface area contributed by atoms with E-state index in [1.165, 1.54) is 38.5 Å². The van der Waals surface area contributed by atoms with Crippen LogP contribution in [0.1, 0.15) is 72.1 Å². The molecule has 27 heavy (non-hydrogen) atoms. The number of aliphatic hydroxyl groups is 1. The molecular weight excluding hydrogens is 340 g/mol. The molecule has 2 heterocycles. The van der Waals surface area contributed by atoms with Crippen LogP contribution in [-0.4, -0.2) is 41.9 Å². The van der Waals surface area contributed by atoms with Crippen LogP contribution < -0.4 is 0 Å². The minimum absolute atomic E-state index is 0.0547. The molecule has 152 valence electrons. The number of hydrogen-bond donors (Lipinski definition) is 1. The Hall–Kier alpha value is -0.160. The predicted octanol–water partition coefficient (Wildman–Crippen LogP) is 3.90. The van der Waals surface area contributed by atoms with Gasteiger partial charge in [0, 0.05) is 5.41 Å². The van der Waals surface area contributed by atoms with E-state index in [2.05, 4.69) is 20.8 Å². The third kappa shape index (κ3) is 1.95. The molecule has 0 spiro atoms. The highest BCUT2D eigenvalue weighted by Gasteiger charge is 2.84. The molecule has 6 fully saturated rings. The minimum Gasteiger partial charge on any atom is -0.393 e. The summed E-state index contributed by atoms with van der Waals surface area (Å²) < 4.78 is 18.8. The second kappa shape index (κ2) is 5.30. The third-order valence-electron chi connectivity index (χ3n) is 10.6. The van der Waals surface area contributed by atoms with Crippen molar-refractivity contribution in [2.24, 2.45) is 34.5 Å². The molecular formula is C23H36O4. The molecule has 4 aliphatic carbocycles. The molecule has 0 amide bonds. The van der Waals surface area contributed by atoms with Crippen molar-refractivity contribution in [1.82, 2.24) is 0 Å². The summed E-state index contributed by atoms with van der Waals surface area (Å²) in [7, 11) is 0. The fourth-order valence-corrected chi connectivity index (χ4v) is 9.24. The minimum atomic E-state index is -0.552. The zero-order valence-electron chi connectivity index (χ0n) is 17.2. The number of hydrogen-bond acceptors (Lipinski definition) is 4. The van der Waals surface area contributed by atoms with Crippen LogP contribution in [0.4, 0.5) is 0 Å². The van der Waals surface area contributed by atoms with Gasteiger partial charge in [-0.25, -0.2) is 0 Å². The molecule has 0 radical (unpaired) electrons. The van der Waals surface area contributed by atoms with Gasteiger partial charge in [-0.05, 0) is 87.4 Å². The van der Waals surface area contributed by atoms with Crippen molar-refractivity contribution in [1.29, 1.82) is 0 Å². The number of epoxide rings is 1. The first-order chi connectivity index (χ1) is 12.8. The molecule has 0 aromatic rings. The van der Waals surface area contributed by atoms with Crippen LogP contribution in [0, 0.1) is 34.5 Å². The Balaban J connectivity index is 1.33. The van der Waals surface area contributed by atoms with Crippen molar-refractivity contribution in [2.45, 2.75) is 95.7 Å². The van der Waals surface area contributed by atoms with Gasteiger partial charge in [-0.3, -0.25) is 0 Å². The van der Waals surface area contributed by atoms with Gasteiger partial charge in [0.15, 0.2) is 11.4 Å². The number of rotatable bonds is 1. The Bertz CT molecular complexity index is 644. The Labute approximate surface area is 163 Å². The number of fused-ring (bicyclic) bond motifs is 7. The van der Waals surface area contributed by atoms with Gasteiger partial charge >= 0.3 is 0 Å². The highest BCUT2D eigenvalue weighted by Crippen LogP contribution is 2.76. The molecule has 6 aliphatic rings. The fraction of sp³-hybridized carbons (Fsp3) is 1.00. The van der Waals surface area contributed by atoms with Crippen LogP contribution >= 0.6 is 0 Å². The first-order valence-corrected chi connectivity index (χ1v) is 11.5. The quantitative estimate of drug-likeness (QED) is 0.705. The van der Waals surface area contributed by atoms with Gasteiger partial charge in [-0.1, -0.05) is 13.8 Å². The summed E-state index contributed by atoms with van der Waals surface area (Å²) in [4.78, 5) is 0. The smallest absolute Gasteiger partial charge is 0.198 e. The van der Waals surface area contributed by atoms with E-state index < -0.39 is 5.79 Å². The molecule has 7 unspecified atom stereocenters. The van der Waals surface area contributed by atoms with E-state index in [1.807, 2.05) is 0 Å². The Morgan fingerprint density at radius 1 is 0.852 bits per heavy atom. The van der Waals surface area contributed by atoms with E-state index in [9.17, 15) is 5.11 Å². The summed E-state index contributed by atoms with van der Waals surface area (Å²) in [5.41, 5.74) is 0.399. The van der Waals surface area contributed by atoms with Gasteiger partial charge in [0.25, 0.3) is 0 Å². The maximum absolute atomic E-state index is 10.2. The lowest BCUT2D eigenvalue weighted by atomic mass is 9.44. The predicted molar refractivity (Wildman–Crippen MR) is 101 cm³/mol. The van der Waals surface area contributed by atoms with E-state index >= 15 is 0 Å². The monoisotopic (exact) mass is 376 g/mol. The molecule has 0 bridgehead atoms. The van der Waals surface area contributed by atoms with Crippen molar-refractivity contribution in [3.05, 3.63) is 0 Å². The van der Waals surface area contributed by atoms with Crippen LogP contribution in [0.2, 0.25) is 0 Å². The molecule has 0 aromatic carbocycles. The Kier molecular flexibility index (Phi) is 3.47. The van der Waals surface area contributed by atoms with E-state index in [0.29, 0.717) is 24.7 Å². The van der Waals surface area contributed by atoms with Crippen molar-refractivity contribution in [3.8, 4) is 0 Å². The number of aliphatic hydroxyl groups excluding tert-OH is 1. The second-order valence-corrected chi connectivity index (χ2v) is 11.3. The highest BCUT2D eigenvalue weighted by atomic mass is 16.8. The van der Waals surface area contributed by atoms with E-state index in [4.69, 9.17) is 14.2 Å². The van der Waals surface area contributed by atoms with Gasteiger partial charge in [0.05, 0.1) is 25.4 Å². The molecule has 2 saturated heterocycles. The first-order valence-electron chi connectivity index (χ1n) is 11.5. The second-order valence-electron chi connectivity index (χ2n) is 11.3. The zero-order chi connectivity index (χ0) is 18.7. The van der Waals surface area contributed by atoms with Crippen LogP contribution in [-0.2, 0) is 14.2 Å². The molecule has 6 rings (SSSR count). The van der Waals surface area contributed by atoms with Gasteiger partial charge in [0.2, 0.25) is 0 Å². The summed E-state index contributed by atoms with van der Waals surface area (Å²) in [6.07, 6.45) is 9.95. The lowest BCUT2D eigenvalue weighted by Gasteiger charge is -2.61. The van der Waals surface area contributed by atoms with E-state index in [1.54, 1.807) is 0 Å². The Morgan fingerprint density at radius 3 is 2.41 bits per heavy atom. The summed E-state index contributed by atoms with van der Waals surface area (Å²) >= 11 is 0. The molecule has 1 N–H and O–H groups in total. The van der Waals surface area contributed by atoms with Crippen LogP contribution in [0.3, 0.4) is 0 Å². The zero-order valence-corrected chi connectivity index (χ0v) is 17.2. The van der Waals surface area contributed by atoms with Crippen LogP contribution in [0.5, 0.6) is 0 Å². The number of ether oxygens (including phenoxy) is 3. The van der Waals surface area contributed by atoms with Gasteiger partial charge < -0.3 is 19.3 Å². The fourth-order valence-electron chi connectivity index (χ4n) is 9.24. The maximum Gasteiger partial charge on any atom is 0.198 e. The normalized spacial score (nSPS) is 60.9. The van der Waals surface area contributed by atoms with Gasteiger partial charge in [0.1, 0.15) is 0 Å². The maximum atomic E-state index is 10.2. The molecule has 9 atom stereocenters. The summed E-state index contributed by atoms with van der Waals surface area (Å²) in [5.74, 6) is 2.56. The molecule has 0 aromatic heterocycles. The van der Waals surface area contributed by atoms with Crippen LogP contribution in [0.25, 0.3) is 0 Å². The summed E-state index contributed by atoms with van der Waals surface area (Å²) in [6.45, 7) is 8.60. The van der Waals surface area contributed by atoms with Gasteiger partial charge in [-0.2, -0.15) is 0 Å². The molecule has 4 heteroatoms. The molecule has 2 aliphatic heterocycles. The highest BCUT2D eigenvalue weighted by molar-refractivity contribution is 5.29. The summed E-state index contributed by atoms with van der Waals surface area (Å²) in [6, 6.07) is 0. The van der Waals surface area contributed by atoms with Crippen molar-refractivity contribution in [2.75, 3.05) is 13.2 Å². The topological polar surface area (TPSA) is 51.2 Å². The average molecular weight is 377 g/mol. The molecule has 4 nitrogen and oxygen atoms in total. The van der Waals surface area contributed by atoms with Gasteiger partial charge in [-0.15, -0.1) is 0 Å². The standard InChI is InChI=1S/C23H36O4/c1-20-8-6-15(24)12-14(20)4-5-16-17(20)7-9-21(2)18(16)13-19-23(21,27-19)22(3)25-10-11-26-22/h14-19,24H,4-13H2,1-3H3/t14?,15?,16?,17?,18?,19?,20-,21-,23?/m0/s1. The SMILES string of the molecule is CC1(C23OC2CC2C4CCC5CC(O)CC[C@]5(C)C4CC[C@@]23C)OCCO1. The van der Waals surface area contributed by atoms with E-state index in [-0.39, 0.29) is 17.1 Å². The lowest BCUT2D eigenvalue weighted by molar-refractivity contribution is -0.239. The largest absolute Gasteiger partial charge is 0.393 e. The lowest BCUT2D eigenvalue weighted by Crippen LogP contribution is -2.60. The van der Waals surface area contributed by atoms with Crippen molar-refractivity contribution in [3.63, 3.8) is 0 Å². The van der Waals surface area contributed by atoms with E-state index in [0.717, 1.165) is 36.5 Å². The Morgan fingerprint density at radius 2 is 1.63 bits per heavy atom. The van der Waals surface area contributed by atoms with Crippen molar-refractivity contribution < 1.29 is 19.3 Å². The third-order valence-corrected chi connectivity index (χ3v) is 10.6. The molecule has 4 saturated carbocycles. The first kappa shape index (κ1) is 17.7. The summed E-state index contributed by atoms with van der Waals surface area (Å²) in [5, 5.41) is 10.2. The van der Waals surface area contributed by atoms with Crippen LogP contribution in [0.15, 0.2) is 0 Å². The average Bonchev–Trinajstić information content (AvgIpc) is 3.12.